The fourth-order valence-corrected chi connectivity index (χ4v) is 4.06. The molecule has 0 unspecified atom stereocenters. The normalized spacial score (nSPS) is 21.6. The summed E-state index contributed by atoms with van der Waals surface area (Å²) in [5, 5.41) is 15.3. The summed E-state index contributed by atoms with van der Waals surface area (Å²) in [4.78, 5) is 22.0. The van der Waals surface area contributed by atoms with Crippen LogP contribution in [0.25, 0.3) is 16.6 Å². The SMILES string of the molecule is CN1CC=C(c2c3ncn(CC4(O)CCN(C)CC4)c(=O)c3nn2C)CC1. The number of aryl methyl sites for hydroxylation is 1. The molecule has 8 heteroatoms. The Morgan fingerprint density at radius 3 is 2.52 bits per heavy atom. The summed E-state index contributed by atoms with van der Waals surface area (Å²) >= 11 is 0. The average Bonchev–Trinajstić information content (AvgIpc) is 2.98. The van der Waals surface area contributed by atoms with E-state index in [0.717, 1.165) is 38.3 Å². The molecule has 1 saturated heterocycles. The number of likely N-dealkylation sites (N-methyl/N-ethyl adjacent to an activating group) is 1. The quantitative estimate of drug-likeness (QED) is 0.835. The first kappa shape index (κ1) is 18.3. The van der Waals surface area contributed by atoms with E-state index in [2.05, 4.69) is 33.0 Å². The molecule has 27 heavy (non-hydrogen) atoms. The van der Waals surface area contributed by atoms with Crippen LogP contribution >= 0.6 is 0 Å². The van der Waals surface area contributed by atoms with Crippen LogP contribution < -0.4 is 5.56 Å². The molecule has 1 N–H and O–H groups in total. The molecule has 2 aromatic heterocycles. The van der Waals surface area contributed by atoms with Gasteiger partial charge in [0.25, 0.3) is 5.56 Å². The molecule has 0 spiro atoms. The number of fused-ring (bicyclic) bond motifs is 1. The highest BCUT2D eigenvalue weighted by molar-refractivity contribution is 5.87. The molecule has 8 nitrogen and oxygen atoms in total. The first-order valence-electron chi connectivity index (χ1n) is 9.57. The zero-order valence-corrected chi connectivity index (χ0v) is 16.4. The molecule has 0 atom stereocenters. The van der Waals surface area contributed by atoms with Crippen molar-refractivity contribution in [3.05, 3.63) is 28.5 Å². The van der Waals surface area contributed by atoms with Gasteiger partial charge in [0, 0.05) is 33.2 Å². The van der Waals surface area contributed by atoms with E-state index >= 15 is 0 Å². The maximum Gasteiger partial charge on any atom is 0.281 e. The van der Waals surface area contributed by atoms with Gasteiger partial charge in [-0.05, 0) is 38.9 Å². The summed E-state index contributed by atoms with van der Waals surface area (Å²) in [6, 6.07) is 0. The van der Waals surface area contributed by atoms with Gasteiger partial charge in [-0.1, -0.05) is 6.08 Å². The first-order valence-corrected chi connectivity index (χ1v) is 9.57. The van der Waals surface area contributed by atoms with E-state index < -0.39 is 5.60 Å². The van der Waals surface area contributed by atoms with Gasteiger partial charge >= 0.3 is 0 Å². The van der Waals surface area contributed by atoms with E-state index in [1.807, 2.05) is 14.1 Å². The van der Waals surface area contributed by atoms with E-state index in [1.165, 1.54) is 10.1 Å². The van der Waals surface area contributed by atoms with Crippen LogP contribution in [0.5, 0.6) is 0 Å². The van der Waals surface area contributed by atoms with Gasteiger partial charge in [-0.25, -0.2) is 4.98 Å². The van der Waals surface area contributed by atoms with Crippen molar-refractivity contribution < 1.29 is 5.11 Å². The second-order valence-corrected chi connectivity index (χ2v) is 8.12. The van der Waals surface area contributed by atoms with E-state index in [4.69, 9.17) is 0 Å². The van der Waals surface area contributed by atoms with Crippen molar-refractivity contribution in [1.29, 1.82) is 0 Å². The lowest BCUT2D eigenvalue weighted by atomic mass is 9.91. The van der Waals surface area contributed by atoms with Crippen LogP contribution in [-0.2, 0) is 13.6 Å². The molecule has 0 aromatic carbocycles. The van der Waals surface area contributed by atoms with Crippen molar-refractivity contribution in [2.24, 2.45) is 7.05 Å². The second-order valence-electron chi connectivity index (χ2n) is 8.12. The van der Waals surface area contributed by atoms with Crippen LogP contribution in [0, 0.1) is 0 Å². The van der Waals surface area contributed by atoms with Gasteiger partial charge in [-0.15, -0.1) is 0 Å². The number of piperidine rings is 1. The summed E-state index contributed by atoms with van der Waals surface area (Å²) in [5.41, 5.74) is 2.12. The van der Waals surface area contributed by atoms with Crippen molar-refractivity contribution in [3.63, 3.8) is 0 Å². The molecule has 0 bridgehead atoms. The zero-order valence-electron chi connectivity index (χ0n) is 16.4. The van der Waals surface area contributed by atoms with Crippen LogP contribution in [-0.4, -0.2) is 80.1 Å². The van der Waals surface area contributed by atoms with Gasteiger partial charge in [-0.3, -0.25) is 14.0 Å². The van der Waals surface area contributed by atoms with Crippen LogP contribution in [0.2, 0.25) is 0 Å². The topological polar surface area (TPSA) is 79.4 Å². The monoisotopic (exact) mass is 372 g/mol. The Morgan fingerprint density at radius 1 is 1.11 bits per heavy atom. The molecule has 2 aliphatic heterocycles. The molecule has 0 saturated carbocycles. The summed E-state index contributed by atoms with van der Waals surface area (Å²) < 4.78 is 3.29. The number of rotatable bonds is 3. The predicted molar refractivity (Wildman–Crippen MR) is 105 cm³/mol. The summed E-state index contributed by atoms with van der Waals surface area (Å²) in [6.45, 7) is 3.80. The fraction of sp³-hybridized carbons (Fsp3) is 0.632. The van der Waals surface area contributed by atoms with Crippen molar-refractivity contribution in [3.8, 4) is 0 Å². The summed E-state index contributed by atoms with van der Waals surface area (Å²) in [5.74, 6) is 0. The fourth-order valence-electron chi connectivity index (χ4n) is 4.06. The van der Waals surface area contributed by atoms with Gasteiger partial charge in [0.15, 0.2) is 5.52 Å². The number of hydrogen-bond donors (Lipinski definition) is 1. The maximum atomic E-state index is 13.0. The third kappa shape index (κ3) is 3.44. The first-order chi connectivity index (χ1) is 12.9. The molecule has 2 aliphatic rings. The lowest BCUT2D eigenvalue weighted by molar-refractivity contribution is -0.0298. The van der Waals surface area contributed by atoms with Crippen molar-refractivity contribution in [2.45, 2.75) is 31.4 Å². The lowest BCUT2D eigenvalue weighted by Crippen LogP contribution is -2.47. The van der Waals surface area contributed by atoms with E-state index in [1.54, 1.807) is 11.0 Å². The highest BCUT2D eigenvalue weighted by atomic mass is 16.3. The third-order valence-corrected chi connectivity index (χ3v) is 5.91. The van der Waals surface area contributed by atoms with Gasteiger partial charge < -0.3 is 14.9 Å². The third-order valence-electron chi connectivity index (χ3n) is 5.91. The van der Waals surface area contributed by atoms with Crippen molar-refractivity contribution >= 4 is 16.6 Å². The number of aromatic nitrogens is 4. The molecule has 146 valence electrons. The average molecular weight is 372 g/mol. The van der Waals surface area contributed by atoms with Gasteiger partial charge in [0.2, 0.25) is 0 Å². The van der Waals surface area contributed by atoms with Crippen molar-refractivity contribution in [1.82, 2.24) is 29.1 Å². The Kier molecular flexibility index (Phi) is 4.65. The highest BCUT2D eigenvalue weighted by Crippen LogP contribution is 2.27. The predicted octanol–water partition coefficient (Wildman–Crippen LogP) is 0.306. The number of likely N-dealkylation sites (tertiary alicyclic amines) is 1. The van der Waals surface area contributed by atoms with E-state index in [0.29, 0.717) is 23.9 Å². The smallest absolute Gasteiger partial charge is 0.281 e. The van der Waals surface area contributed by atoms with Gasteiger partial charge in [0.05, 0.1) is 24.2 Å². The highest BCUT2D eigenvalue weighted by Gasteiger charge is 2.32. The molecule has 1 fully saturated rings. The molecule has 4 rings (SSSR count). The molecule has 4 heterocycles. The standard InChI is InChI=1S/C19H28N6O2/c1-22-8-4-14(5-9-22)17-15-16(21-24(17)3)18(26)25(13-20-15)12-19(27)6-10-23(2)11-7-19/h4,13,27H,5-12H2,1-3H3. The minimum Gasteiger partial charge on any atom is -0.388 e. The Balaban J connectivity index is 1.68. The zero-order chi connectivity index (χ0) is 19.2. The van der Waals surface area contributed by atoms with Crippen LogP contribution in [0.15, 0.2) is 17.2 Å². The van der Waals surface area contributed by atoms with Gasteiger partial charge in [0.1, 0.15) is 5.52 Å². The Bertz CT molecular complexity index is 936. The minimum atomic E-state index is -0.861. The molecule has 0 radical (unpaired) electrons. The van der Waals surface area contributed by atoms with E-state index in [-0.39, 0.29) is 12.1 Å². The molecule has 0 aliphatic carbocycles. The Labute approximate surface area is 158 Å². The van der Waals surface area contributed by atoms with Crippen LogP contribution in [0.4, 0.5) is 0 Å². The van der Waals surface area contributed by atoms with Crippen LogP contribution in [0.3, 0.4) is 0 Å². The largest absolute Gasteiger partial charge is 0.388 e. The number of hydrogen-bond acceptors (Lipinski definition) is 6. The molecular formula is C19H28N6O2. The lowest BCUT2D eigenvalue weighted by Gasteiger charge is -2.36. The van der Waals surface area contributed by atoms with Crippen molar-refractivity contribution in [2.75, 3.05) is 40.3 Å². The Morgan fingerprint density at radius 2 is 1.85 bits per heavy atom. The van der Waals surface area contributed by atoms with E-state index in [9.17, 15) is 9.90 Å². The van der Waals surface area contributed by atoms with Crippen LogP contribution in [0.1, 0.15) is 25.0 Å². The van der Waals surface area contributed by atoms with Gasteiger partial charge in [-0.2, -0.15) is 5.10 Å². The molecule has 2 aromatic rings. The summed E-state index contributed by atoms with van der Waals surface area (Å²) in [7, 11) is 6.01. The minimum absolute atomic E-state index is 0.178. The molecule has 0 amide bonds. The number of aliphatic hydroxyl groups is 1. The maximum absolute atomic E-state index is 13.0. The molecular weight excluding hydrogens is 344 g/mol. The second kappa shape index (κ2) is 6.85. The summed E-state index contributed by atoms with van der Waals surface area (Å²) in [6.07, 6.45) is 5.99. The number of nitrogens with zero attached hydrogens (tertiary/aromatic N) is 6. The Hall–Kier alpha value is -2.03.